The van der Waals surface area contributed by atoms with Gasteiger partial charge in [0.05, 0.1) is 11.2 Å². The zero-order valence-corrected chi connectivity index (χ0v) is 24.2. The molecule has 2 fully saturated rings. The Hall–Kier alpha value is -3.28. The summed E-state index contributed by atoms with van der Waals surface area (Å²) in [5.74, 6) is 0.0465. The zero-order chi connectivity index (χ0) is 29.0. The highest BCUT2D eigenvalue weighted by molar-refractivity contribution is 5.89. The Bertz CT molecular complexity index is 1250. The van der Waals surface area contributed by atoms with E-state index in [-0.39, 0.29) is 17.8 Å². The van der Waals surface area contributed by atoms with Gasteiger partial charge >= 0.3 is 11.7 Å². The molecule has 218 valence electrons. The van der Waals surface area contributed by atoms with Crippen LogP contribution in [0.15, 0.2) is 35.3 Å². The van der Waals surface area contributed by atoms with Crippen LogP contribution >= 0.6 is 0 Å². The predicted molar refractivity (Wildman–Crippen MR) is 156 cm³/mol. The van der Waals surface area contributed by atoms with Crippen molar-refractivity contribution in [2.24, 2.45) is 11.5 Å². The molecule has 3 amide bonds. The molecule has 0 unspecified atom stereocenters. The molecular weight excluding hydrogens is 508 g/mol. The molecule has 40 heavy (non-hydrogen) atoms. The standard InChI is InChI=1S/C29H44N8O3/c1-5-34(23-10-7-22(30)8-11-23)19-21-6-9-24(18-20(21)2)37-13-12-25(33-28(37)40)32-27(39)36-16-14-35(15-17-36)26(38)29(3,4)31/h6,9,12-13,18,22-23H,5,7-8,10-11,14-17,19,30-31H2,1-4H3,(H,32,33,39,40)/t22-,23-. The Labute approximate surface area is 236 Å². The number of urea groups is 1. The molecule has 1 saturated carbocycles. The topological polar surface area (TPSA) is 143 Å². The lowest BCUT2D eigenvalue weighted by Crippen LogP contribution is -2.58. The number of benzene rings is 1. The lowest BCUT2D eigenvalue weighted by molar-refractivity contribution is -0.137. The molecule has 0 spiro atoms. The summed E-state index contributed by atoms with van der Waals surface area (Å²) in [5, 5.41) is 2.71. The van der Waals surface area contributed by atoms with E-state index in [0.29, 0.717) is 38.3 Å². The molecular formula is C29H44N8O3. The van der Waals surface area contributed by atoms with Crippen molar-refractivity contribution in [3.63, 3.8) is 0 Å². The second-order valence-electron chi connectivity index (χ2n) is 11.6. The van der Waals surface area contributed by atoms with Crippen molar-refractivity contribution in [2.45, 2.75) is 77.5 Å². The van der Waals surface area contributed by atoms with Crippen LogP contribution in [0.5, 0.6) is 0 Å². The molecule has 11 heteroatoms. The quantitative estimate of drug-likeness (QED) is 0.477. The minimum absolute atomic E-state index is 0.141. The van der Waals surface area contributed by atoms with E-state index in [4.69, 9.17) is 11.5 Å². The average Bonchev–Trinajstić information content (AvgIpc) is 2.92. The number of aryl methyl sites for hydroxylation is 1. The highest BCUT2D eigenvalue weighted by Gasteiger charge is 2.31. The van der Waals surface area contributed by atoms with Crippen LogP contribution in [0, 0.1) is 6.92 Å². The van der Waals surface area contributed by atoms with Gasteiger partial charge in [0.1, 0.15) is 5.82 Å². The summed E-state index contributed by atoms with van der Waals surface area (Å²) in [4.78, 5) is 47.9. The molecule has 2 aliphatic rings. The maximum atomic E-state index is 12.9. The number of carbonyl (C=O) groups excluding carboxylic acids is 2. The molecule has 2 heterocycles. The van der Waals surface area contributed by atoms with Crippen LogP contribution in [-0.4, -0.2) is 86.5 Å². The van der Waals surface area contributed by atoms with Crippen molar-refractivity contribution >= 4 is 17.8 Å². The third-order valence-electron chi connectivity index (χ3n) is 8.09. The zero-order valence-electron chi connectivity index (χ0n) is 24.2. The second-order valence-corrected chi connectivity index (χ2v) is 11.6. The summed E-state index contributed by atoms with van der Waals surface area (Å²) in [5.41, 5.74) is 13.7. The van der Waals surface area contributed by atoms with E-state index in [1.54, 1.807) is 35.9 Å². The van der Waals surface area contributed by atoms with Crippen molar-refractivity contribution in [1.29, 1.82) is 0 Å². The van der Waals surface area contributed by atoms with Crippen molar-refractivity contribution in [1.82, 2.24) is 24.3 Å². The minimum Gasteiger partial charge on any atom is -0.338 e. The lowest BCUT2D eigenvalue weighted by Gasteiger charge is -2.37. The number of aromatic nitrogens is 2. The number of carbonyl (C=O) groups is 2. The van der Waals surface area contributed by atoms with E-state index < -0.39 is 11.2 Å². The molecule has 5 N–H and O–H groups in total. The number of nitrogens with one attached hydrogen (secondary N) is 1. The number of hydrogen-bond donors (Lipinski definition) is 3. The molecule has 1 saturated heterocycles. The molecule has 1 aliphatic heterocycles. The van der Waals surface area contributed by atoms with Crippen molar-refractivity contribution in [3.05, 3.63) is 52.1 Å². The fraction of sp³-hybridized carbons (Fsp3) is 0.586. The van der Waals surface area contributed by atoms with Crippen LogP contribution < -0.4 is 22.5 Å². The smallest absolute Gasteiger partial charge is 0.338 e. The Morgan fingerprint density at radius 2 is 1.73 bits per heavy atom. The van der Waals surface area contributed by atoms with Gasteiger partial charge in [0.25, 0.3) is 0 Å². The number of hydrogen-bond acceptors (Lipinski definition) is 7. The van der Waals surface area contributed by atoms with Gasteiger partial charge in [-0.25, -0.2) is 9.59 Å². The summed E-state index contributed by atoms with van der Waals surface area (Å²) in [6, 6.07) is 8.18. The van der Waals surface area contributed by atoms with Crippen LogP contribution in [0.1, 0.15) is 57.6 Å². The number of nitrogens with two attached hydrogens (primary N) is 2. The Morgan fingerprint density at radius 3 is 2.30 bits per heavy atom. The van der Waals surface area contributed by atoms with Gasteiger partial charge in [-0.15, -0.1) is 0 Å². The van der Waals surface area contributed by atoms with Crippen molar-refractivity contribution in [3.8, 4) is 5.69 Å². The maximum absolute atomic E-state index is 12.9. The molecule has 0 radical (unpaired) electrons. The molecule has 11 nitrogen and oxygen atoms in total. The first kappa shape index (κ1) is 29.7. The van der Waals surface area contributed by atoms with Crippen LogP contribution in [0.2, 0.25) is 0 Å². The molecule has 2 aromatic rings. The van der Waals surface area contributed by atoms with Gasteiger partial charge in [0.15, 0.2) is 0 Å². The van der Waals surface area contributed by atoms with Gasteiger partial charge in [-0.05, 0) is 82.3 Å². The Morgan fingerprint density at radius 1 is 1.07 bits per heavy atom. The number of nitrogens with zero attached hydrogens (tertiary/aromatic N) is 5. The number of amides is 3. The van der Waals surface area contributed by atoms with Gasteiger partial charge in [0.2, 0.25) is 5.91 Å². The minimum atomic E-state index is -0.947. The van der Waals surface area contributed by atoms with Gasteiger partial charge < -0.3 is 21.3 Å². The first-order valence-electron chi connectivity index (χ1n) is 14.3. The monoisotopic (exact) mass is 552 g/mol. The fourth-order valence-electron chi connectivity index (χ4n) is 5.57. The summed E-state index contributed by atoms with van der Waals surface area (Å²) >= 11 is 0. The summed E-state index contributed by atoms with van der Waals surface area (Å²) in [6.07, 6.45) is 6.06. The van der Waals surface area contributed by atoms with E-state index >= 15 is 0 Å². The van der Waals surface area contributed by atoms with Crippen molar-refractivity contribution < 1.29 is 9.59 Å². The van der Waals surface area contributed by atoms with Crippen LogP contribution in [0.25, 0.3) is 5.69 Å². The van der Waals surface area contributed by atoms with Gasteiger partial charge in [0, 0.05) is 51.0 Å². The largest absolute Gasteiger partial charge is 0.354 e. The normalized spacial score (nSPS) is 20.1. The Balaban J connectivity index is 1.37. The number of anilines is 1. The lowest BCUT2D eigenvalue weighted by atomic mass is 9.90. The molecule has 4 rings (SSSR count). The van der Waals surface area contributed by atoms with Gasteiger partial charge in [-0.2, -0.15) is 4.98 Å². The second kappa shape index (κ2) is 12.5. The predicted octanol–water partition coefficient (Wildman–Crippen LogP) is 2.05. The molecule has 1 aliphatic carbocycles. The van der Waals surface area contributed by atoms with E-state index in [2.05, 4.69) is 35.1 Å². The summed E-state index contributed by atoms with van der Waals surface area (Å²) in [7, 11) is 0. The van der Waals surface area contributed by atoms with Crippen LogP contribution in [0.4, 0.5) is 10.6 Å². The van der Waals surface area contributed by atoms with Gasteiger partial charge in [-0.1, -0.05) is 13.0 Å². The van der Waals surface area contributed by atoms with Crippen LogP contribution in [0.3, 0.4) is 0 Å². The van der Waals surface area contributed by atoms with E-state index in [9.17, 15) is 14.4 Å². The highest BCUT2D eigenvalue weighted by atomic mass is 16.2. The summed E-state index contributed by atoms with van der Waals surface area (Å²) in [6.45, 7) is 11.0. The molecule has 0 atom stereocenters. The third kappa shape index (κ3) is 7.07. The van der Waals surface area contributed by atoms with Crippen molar-refractivity contribution in [2.75, 3.05) is 38.0 Å². The number of rotatable bonds is 7. The average molecular weight is 553 g/mol. The fourth-order valence-corrected chi connectivity index (χ4v) is 5.57. The molecule has 1 aromatic carbocycles. The van der Waals surface area contributed by atoms with Crippen LogP contribution in [-0.2, 0) is 11.3 Å². The number of piperazine rings is 1. The summed E-state index contributed by atoms with van der Waals surface area (Å²) < 4.78 is 1.48. The SMILES string of the molecule is CCN(Cc1ccc(-n2ccc(NC(=O)N3CCN(C(=O)C(C)(C)N)CC3)nc2=O)cc1C)[C@H]1CC[C@H](N)CC1. The molecule has 1 aromatic heterocycles. The van der Waals surface area contributed by atoms with E-state index in [0.717, 1.165) is 50.0 Å². The van der Waals surface area contributed by atoms with E-state index in [1.807, 2.05) is 12.1 Å². The Kier molecular flexibility index (Phi) is 9.27. The first-order valence-corrected chi connectivity index (χ1v) is 14.3. The first-order chi connectivity index (χ1) is 19.0. The highest BCUT2D eigenvalue weighted by Crippen LogP contribution is 2.25. The van der Waals surface area contributed by atoms with E-state index in [1.165, 1.54) is 10.1 Å². The maximum Gasteiger partial charge on any atom is 0.354 e. The third-order valence-corrected chi connectivity index (χ3v) is 8.09. The van der Waals surface area contributed by atoms with Gasteiger partial charge in [-0.3, -0.25) is 19.6 Å². The molecule has 0 bridgehead atoms.